The Labute approximate surface area is 188 Å². The summed E-state index contributed by atoms with van der Waals surface area (Å²) in [4.78, 5) is 32.8. The molecule has 0 bridgehead atoms. The number of aromatic amines is 1. The first-order valence-corrected chi connectivity index (χ1v) is 11.4. The van der Waals surface area contributed by atoms with Gasteiger partial charge in [-0.25, -0.2) is 14.2 Å². The van der Waals surface area contributed by atoms with Gasteiger partial charge in [-0.3, -0.25) is 4.79 Å². The molecule has 0 aliphatic heterocycles. The number of thiophene rings is 1. The van der Waals surface area contributed by atoms with Gasteiger partial charge in [-0.2, -0.15) is 0 Å². The van der Waals surface area contributed by atoms with Crippen LogP contribution in [0.2, 0.25) is 0 Å². The number of aromatic hydroxyl groups is 1. The molecule has 5 rings (SSSR count). The van der Waals surface area contributed by atoms with Crippen molar-refractivity contribution in [3.05, 3.63) is 85.6 Å². The van der Waals surface area contributed by atoms with Gasteiger partial charge in [-0.05, 0) is 42.3 Å². The Morgan fingerprint density at radius 3 is 2.75 bits per heavy atom. The van der Waals surface area contributed by atoms with E-state index >= 15 is 0 Å². The minimum atomic E-state index is -0.513. The van der Waals surface area contributed by atoms with E-state index in [0.29, 0.717) is 48.8 Å². The number of aromatic nitrogens is 2. The number of benzene rings is 2. The number of phenolic OH excluding ortho intramolecular Hbond substituents is 1. The van der Waals surface area contributed by atoms with Crippen LogP contribution in [0.3, 0.4) is 0 Å². The monoisotopic (exact) mass is 466 g/mol. The molecule has 2 N–H and O–H groups in total. The Morgan fingerprint density at radius 2 is 1.97 bits per heavy atom. The third-order valence-corrected chi connectivity index (χ3v) is 6.95. The van der Waals surface area contributed by atoms with Crippen LogP contribution in [0.5, 0.6) is 5.75 Å². The number of thioether (sulfide) groups is 1. The van der Waals surface area contributed by atoms with Crippen LogP contribution in [0, 0.1) is 12.7 Å². The summed E-state index contributed by atoms with van der Waals surface area (Å²) in [6.45, 7) is 1.68. The van der Waals surface area contributed by atoms with Gasteiger partial charge in [0.15, 0.2) is 5.16 Å². The Bertz CT molecular complexity index is 1600. The van der Waals surface area contributed by atoms with Crippen LogP contribution in [0.15, 0.2) is 67.0 Å². The molecule has 0 aliphatic carbocycles. The van der Waals surface area contributed by atoms with Crippen molar-refractivity contribution in [3.63, 3.8) is 0 Å². The van der Waals surface area contributed by atoms with E-state index in [4.69, 9.17) is 4.42 Å². The standard InChI is InChI=1S/C23H15FN2O4S2/c1-11-17(27)7-6-15-13(8-18(28)30-20(11)15)9-32-23-25-21(29)19-16(10-31-22(19)26-23)12-2-4-14(24)5-3-12/h2-8,10,27H,9H2,1H3,(H,25,26,29). The summed E-state index contributed by atoms with van der Waals surface area (Å²) in [5.41, 5.74) is 2.20. The smallest absolute Gasteiger partial charge is 0.336 e. The maximum absolute atomic E-state index is 13.2. The molecule has 0 spiro atoms. The second-order valence-electron chi connectivity index (χ2n) is 7.17. The largest absolute Gasteiger partial charge is 0.508 e. The van der Waals surface area contributed by atoms with E-state index in [2.05, 4.69) is 9.97 Å². The molecule has 0 unspecified atom stereocenters. The van der Waals surface area contributed by atoms with Crippen LogP contribution in [0.25, 0.3) is 32.3 Å². The third kappa shape index (κ3) is 3.59. The zero-order chi connectivity index (χ0) is 22.4. The molecule has 3 heterocycles. The minimum absolute atomic E-state index is 0.0524. The molecule has 0 aliphatic rings. The van der Waals surface area contributed by atoms with Crippen LogP contribution in [-0.4, -0.2) is 15.1 Å². The van der Waals surface area contributed by atoms with Crippen molar-refractivity contribution in [2.45, 2.75) is 17.8 Å². The van der Waals surface area contributed by atoms with E-state index in [1.807, 2.05) is 5.38 Å². The molecule has 9 heteroatoms. The van der Waals surface area contributed by atoms with Crippen LogP contribution in [0.1, 0.15) is 11.1 Å². The Balaban J connectivity index is 1.50. The molecule has 0 saturated heterocycles. The second-order valence-corrected chi connectivity index (χ2v) is 9.00. The fraction of sp³-hybridized carbons (Fsp3) is 0.0870. The highest BCUT2D eigenvalue weighted by molar-refractivity contribution is 7.98. The van der Waals surface area contributed by atoms with Gasteiger partial charge in [0, 0.05) is 33.7 Å². The molecule has 5 aromatic rings. The maximum atomic E-state index is 13.2. The molecule has 2 aromatic carbocycles. The van der Waals surface area contributed by atoms with Crippen LogP contribution in [-0.2, 0) is 5.75 Å². The fourth-order valence-electron chi connectivity index (χ4n) is 3.52. The maximum Gasteiger partial charge on any atom is 0.336 e. The molecule has 0 radical (unpaired) electrons. The summed E-state index contributed by atoms with van der Waals surface area (Å²) >= 11 is 2.63. The molecule has 0 saturated carbocycles. The van der Waals surface area contributed by atoms with Crippen LogP contribution >= 0.6 is 23.1 Å². The van der Waals surface area contributed by atoms with Crippen molar-refractivity contribution >= 4 is 44.3 Å². The third-order valence-electron chi connectivity index (χ3n) is 5.16. The van der Waals surface area contributed by atoms with Gasteiger partial charge in [-0.15, -0.1) is 11.3 Å². The Hall–Kier alpha value is -3.43. The van der Waals surface area contributed by atoms with Crippen molar-refractivity contribution in [1.82, 2.24) is 9.97 Å². The molecule has 0 amide bonds. The lowest BCUT2D eigenvalue weighted by atomic mass is 10.1. The average molecular weight is 467 g/mol. The van der Waals surface area contributed by atoms with Gasteiger partial charge < -0.3 is 14.5 Å². The number of hydrogen-bond donors (Lipinski definition) is 2. The topological polar surface area (TPSA) is 96.2 Å². The van der Waals surface area contributed by atoms with Gasteiger partial charge >= 0.3 is 5.63 Å². The number of hydrogen-bond acceptors (Lipinski definition) is 7. The molecule has 160 valence electrons. The molecule has 32 heavy (non-hydrogen) atoms. The van der Waals surface area contributed by atoms with E-state index in [-0.39, 0.29) is 17.1 Å². The van der Waals surface area contributed by atoms with Gasteiger partial charge in [-0.1, -0.05) is 23.9 Å². The molecule has 6 nitrogen and oxygen atoms in total. The zero-order valence-electron chi connectivity index (χ0n) is 16.6. The summed E-state index contributed by atoms with van der Waals surface area (Å²) < 4.78 is 18.5. The minimum Gasteiger partial charge on any atom is -0.508 e. The van der Waals surface area contributed by atoms with Crippen molar-refractivity contribution in [1.29, 1.82) is 0 Å². The van der Waals surface area contributed by atoms with E-state index in [0.717, 1.165) is 5.56 Å². The van der Waals surface area contributed by atoms with Crippen molar-refractivity contribution in [2.75, 3.05) is 0 Å². The van der Waals surface area contributed by atoms with Gasteiger partial charge in [0.2, 0.25) is 0 Å². The first-order valence-electron chi connectivity index (χ1n) is 9.56. The normalized spacial score (nSPS) is 11.4. The van der Waals surface area contributed by atoms with E-state index in [1.165, 1.54) is 41.3 Å². The number of rotatable bonds is 4. The lowest BCUT2D eigenvalue weighted by Gasteiger charge is -2.08. The SMILES string of the molecule is Cc1c(O)ccc2c(CSc3nc4scc(-c5ccc(F)cc5)c4c(=O)[nH]3)cc(=O)oc12. The number of nitrogens with zero attached hydrogens (tertiary/aromatic N) is 1. The molecular weight excluding hydrogens is 451 g/mol. The highest BCUT2D eigenvalue weighted by atomic mass is 32.2. The fourth-order valence-corrected chi connectivity index (χ4v) is 5.38. The predicted octanol–water partition coefficient (Wildman–Crippen LogP) is 5.20. The van der Waals surface area contributed by atoms with Crippen LogP contribution in [0.4, 0.5) is 4.39 Å². The lowest BCUT2D eigenvalue weighted by molar-refractivity contribution is 0.468. The number of aryl methyl sites for hydroxylation is 1. The van der Waals surface area contributed by atoms with E-state index in [1.54, 1.807) is 31.2 Å². The number of H-pyrrole nitrogens is 1. The average Bonchev–Trinajstić information content (AvgIpc) is 3.20. The molecule has 0 fully saturated rings. The zero-order valence-corrected chi connectivity index (χ0v) is 18.3. The van der Waals surface area contributed by atoms with Crippen molar-refractivity contribution in [3.8, 4) is 16.9 Å². The van der Waals surface area contributed by atoms with Crippen molar-refractivity contribution < 1.29 is 13.9 Å². The first-order chi connectivity index (χ1) is 15.4. The summed E-state index contributed by atoms with van der Waals surface area (Å²) in [6.07, 6.45) is 0. The second kappa shape index (κ2) is 7.92. The van der Waals surface area contributed by atoms with E-state index in [9.17, 15) is 19.1 Å². The first kappa shape index (κ1) is 20.5. The molecule has 0 atom stereocenters. The number of phenols is 1. The predicted molar refractivity (Wildman–Crippen MR) is 124 cm³/mol. The number of nitrogens with one attached hydrogen (secondary N) is 1. The molecule has 3 aromatic heterocycles. The van der Waals surface area contributed by atoms with Gasteiger partial charge in [0.05, 0.1) is 5.39 Å². The van der Waals surface area contributed by atoms with Gasteiger partial charge in [0.25, 0.3) is 5.56 Å². The Morgan fingerprint density at radius 1 is 1.19 bits per heavy atom. The lowest BCUT2D eigenvalue weighted by Crippen LogP contribution is -2.09. The van der Waals surface area contributed by atoms with Crippen molar-refractivity contribution in [2.24, 2.45) is 0 Å². The quantitative estimate of drug-likeness (QED) is 0.215. The summed E-state index contributed by atoms with van der Waals surface area (Å²) in [5.74, 6) is 0.0835. The number of halogens is 1. The van der Waals surface area contributed by atoms with Crippen LogP contribution < -0.4 is 11.2 Å². The highest BCUT2D eigenvalue weighted by Gasteiger charge is 2.15. The highest BCUT2D eigenvalue weighted by Crippen LogP contribution is 2.33. The summed E-state index contributed by atoms with van der Waals surface area (Å²) in [5, 5.41) is 13.3. The van der Waals surface area contributed by atoms with Gasteiger partial charge in [0.1, 0.15) is 22.0 Å². The Kier molecular flexibility index (Phi) is 5.07. The summed E-state index contributed by atoms with van der Waals surface area (Å²) in [7, 11) is 0. The summed E-state index contributed by atoms with van der Waals surface area (Å²) in [6, 6.07) is 10.6. The molecular formula is C23H15FN2O4S2. The van der Waals surface area contributed by atoms with E-state index < -0.39 is 5.63 Å². The number of fused-ring (bicyclic) bond motifs is 2.